The summed E-state index contributed by atoms with van der Waals surface area (Å²) in [5, 5.41) is 0.922. The van der Waals surface area contributed by atoms with Gasteiger partial charge in [0.2, 0.25) is 0 Å². The molecule has 0 amide bonds. The lowest BCUT2D eigenvalue weighted by Gasteiger charge is -2.09. The van der Waals surface area contributed by atoms with Gasteiger partial charge >= 0.3 is 5.97 Å². The molecule has 2 aromatic rings. The van der Waals surface area contributed by atoms with Gasteiger partial charge in [0.05, 0.1) is 39.0 Å². The van der Waals surface area contributed by atoms with Crippen LogP contribution in [0.2, 0.25) is 0 Å². The normalized spacial score (nSPS) is 10.3. The maximum Gasteiger partial charge on any atom is 0.311 e. The van der Waals surface area contributed by atoms with Crippen LogP contribution < -0.4 is 9.47 Å². The predicted molar refractivity (Wildman–Crippen MR) is 70.6 cm³/mol. The Balaban J connectivity index is 2.44. The maximum absolute atomic E-state index is 11.2. The van der Waals surface area contributed by atoms with Gasteiger partial charge in [0.25, 0.3) is 0 Å². The van der Waals surface area contributed by atoms with Crippen molar-refractivity contribution in [2.45, 2.75) is 6.42 Å². The maximum atomic E-state index is 11.2. The molecule has 0 spiro atoms. The second-order valence-corrected chi connectivity index (χ2v) is 3.96. The van der Waals surface area contributed by atoms with Gasteiger partial charge in [0, 0.05) is 11.5 Å². The molecule has 19 heavy (non-hydrogen) atoms. The zero-order valence-corrected chi connectivity index (χ0v) is 11.1. The van der Waals surface area contributed by atoms with Crippen molar-refractivity contribution >= 4 is 16.9 Å². The average molecular weight is 261 g/mol. The van der Waals surface area contributed by atoms with Crippen molar-refractivity contribution in [3.63, 3.8) is 0 Å². The van der Waals surface area contributed by atoms with Crippen LogP contribution in [-0.2, 0) is 16.0 Å². The minimum atomic E-state index is -0.313. The summed E-state index contributed by atoms with van der Waals surface area (Å²) in [6.07, 6.45) is 0.154. The van der Waals surface area contributed by atoms with E-state index in [2.05, 4.69) is 9.72 Å². The van der Waals surface area contributed by atoms with E-state index in [-0.39, 0.29) is 12.4 Å². The fourth-order valence-corrected chi connectivity index (χ4v) is 1.81. The highest BCUT2D eigenvalue weighted by molar-refractivity contribution is 5.83. The number of pyridine rings is 1. The van der Waals surface area contributed by atoms with Gasteiger partial charge in [-0.3, -0.25) is 9.78 Å². The van der Waals surface area contributed by atoms with E-state index in [0.717, 1.165) is 10.9 Å². The van der Waals surface area contributed by atoms with Crippen molar-refractivity contribution in [2.75, 3.05) is 21.3 Å². The topological polar surface area (TPSA) is 57.7 Å². The number of aromatic nitrogens is 1. The van der Waals surface area contributed by atoms with E-state index < -0.39 is 0 Å². The molecule has 0 saturated heterocycles. The lowest BCUT2D eigenvalue weighted by atomic mass is 10.1. The van der Waals surface area contributed by atoms with Crippen LogP contribution in [0.4, 0.5) is 0 Å². The van der Waals surface area contributed by atoms with Crippen LogP contribution in [0.3, 0.4) is 0 Å². The predicted octanol–water partition coefficient (Wildman–Crippen LogP) is 1.97. The van der Waals surface area contributed by atoms with Crippen LogP contribution >= 0.6 is 0 Å². The molecule has 0 unspecified atom stereocenters. The highest BCUT2D eigenvalue weighted by Crippen LogP contribution is 2.31. The Morgan fingerprint density at radius 1 is 1.11 bits per heavy atom. The molecular formula is C14H15NO4. The summed E-state index contributed by atoms with van der Waals surface area (Å²) in [4.78, 5) is 15.6. The standard InChI is InChI=1S/C14H15NO4/c1-17-12-6-9-4-5-10(7-14(16)19-3)15-11(9)8-13(12)18-2/h4-6,8H,7H2,1-3H3. The molecular weight excluding hydrogens is 246 g/mol. The van der Waals surface area contributed by atoms with Crippen molar-refractivity contribution in [1.82, 2.24) is 4.98 Å². The Morgan fingerprint density at radius 3 is 2.42 bits per heavy atom. The molecule has 0 aliphatic carbocycles. The first-order chi connectivity index (χ1) is 9.17. The third-order valence-electron chi connectivity index (χ3n) is 2.81. The molecule has 0 bridgehead atoms. The highest BCUT2D eigenvalue weighted by atomic mass is 16.5. The van der Waals surface area contributed by atoms with Gasteiger partial charge in [-0.1, -0.05) is 6.07 Å². The number of fused-ring (bicyclic) bond motifs is 1. The lowest BCUT2D eigenvalue weighted by Crippen LogP contribution is -2.06. The molecule has 0 N–H and O–H groups in total. The van der Waals surface area contributed by atoms with E-state index >= 15 is 0 Å². The number of carbonyl (C=O) groups excluding carboxylic acids is 1. The molecule has 5 nitrogen and oxygen atoms in total. The van der Waals surface area contributed by atoms with Crippen LogP contribution in [-0.4, -0.2) is 32.3 Å². The van der Waals surface area contributed by atoms with Crippen molar-refractivity contribution in [3.05, 3.63) is 30.0 Å². The van der Waals surface area contributed by atoms with Gasteiger partial charge in [-0.2, -0.15) is 0 Å². The third kappa shape index (κ3) is 2.76. The Morgan fingerprint density at radius 2 is 1.79 bits per heavy atom. The molecule has 100 valence electrons. The molecule has 2 rings (SSSR count). The van der Waals surface area contributed by atoms with Crippen LogP contribution in [0.1, 0.15) is 5.69 Å². The Labute approximate surface area is 111 Å². The summed E-state index contributed by atoms with van der Waals surface area (Å²) >= 11 is 0. The van der Waals surface area contributed by atoms with Crippen molar-refractivity contribution in [3.8, 4) is 11.5 Å². The fraction of sp³-hybridized carbons (Fsp3) is 0.286. The second-order valence-electron chi connectivity index (χ2n) is 3.96. The summed E-state index contributed by atoms with van der Waals surface area (Å²) in [6.45, 7) is 0. The van der Waals surface area contributed by atoms with Gasteiger partial charge in [0.1, 0.15) is 0 Å². The molecule has 0 atom stereocenters. The first kappa shape index (κ1) is 13.1. The summed E-state index contributed by atoms with van der Waals surface area (Å²) in [5.41, 5.74) is 1.41. The van der Waals surface area contributed by atoms with E-state index in [4.69, 9.17) is 9.47 Å². The number of esters is 1. The number of hydrogen-bond acceptors (Lipinski definition) is 5. The quantitative estimate of drug-likeness (QED) is 0.787. The van der Waals surface area contributed by atoms with Crippen LogP contribution in [0.25, 0.3) is 10.9 Å². The fourth-order valence-electron chi connectivity index (χ4n) is 1.81. The number of rotatable bonds is 4. The average Bonchev–Trinajstić information content (AvgIpc) is 2.45. The minimum Gasteiger partial charge on any atom is -0.493 e. The number of nitrogens with zero attached hydrogens (tertiary/aromatic N) is 1. The minimum absolute atomic E-state index is 0.154. The van der Waals surface area contributed by atoms with Crippen molar-refractivity contribution < 1.29 is 19.0 Å². The molecule has 0 fully saturated rings. The first-order valence-corrected chi connectivity index (χ1v) is 5.76. The number of carbonyl (C=O) groups is 1. The smallest absolute Gasteiger partial charge is 0.311 e. The highest BCUT2D eigenvalue weighted by Gasteiger charge is 2.09. The molecule has 1 aromatic carbocycles. The molecule has 5 heteroatoms. The molecule has 0 aliphatic heterocycles. The van der Waals surface area contributed by atoms with Gasteiger partial charge in [-0.05, 0) is 12.1 Å². The lowest BCUT2D eigenvalue weighted by molar-refractivity contribution is -0.139. The summed E-state index contributed by atoms with van der Waals surface area (Å²) in [5.74, 6) is 0.947. The Kier molecular flexibility index (Phi) is 3.85. The van der Waals surface area contributed by atoms with Gasteiger partial charge in [-0.15, -0.1) is 0 Å². The number of hydrogen-bond donors (Lipinski definition) is 0. The largest absolute Gasteiger partial charge is 0.493 e. The Hall–Kier alpha value is -2.30. The third-order valence-corrected chi connectivity index (χ3v) is 2.81. The van der Waals surface area contributed by atoms with Crippen molar-refractivity contribution in [2.24, 2.45) is 0 Å². The van der Waals surface area contributed by atoms with Crippen LogP contribution in [0.5, 0.6) is 11.5 Å². The molecule has 1 aromatic heterocycles. The van der Waals surface area contributed by atoms with E-state index in [1.807, 2.05) is 12.1 Å². The van der Waals surface area contributed by atoms with E-state index in [1.54, 1.807) is 26.4 Å². The zero-order valence-electron chi connectivity index (χ0n) is 11.1. The molecule has 0 radical (unpaired) electrons. The molecule has 0 saturated carbocycles. The zero-order chi connectivity index (χ0) is 13.8. The SMILES string of the molecule is COC(=O)Cc1ccc2cc(OC)c(OC)cc2n1. The Bertz CT molecular complexity index is 610. The first-order valence-electron chi connectivity index (χ1n) is 5.76. The second kappa shape index (κ2) is 5.56. The number of methoxy groups -OCH3 is 3. The number of benzene rings is 1. The number of ether oxygens (including phenoxy) is 3. The summed E-state index contributed by atoms with van der Waals surface area (Å²) < 4.78 is 15.1. The van der Waals surface area contributed by atoms with Crippen LogP contribution in [0.15, 0.2) is 24.3 Å². The molecule has 0 aliphatic rings. The van der Waals surface area contributed by atoms with E-state index in [1.165, 1.54) is 7.11 Å². The van der Waals surface area contributed by atoms with Gasteiger partial charge in [-0.25, -0.2) is 0 Å². The van der Waals surface area contributed by atoms with E-state index in [0.29, 0.717) is 17.2 Å². The van der Waals surface area contributed by atoms with Crippen molar-refractivity contribution in [1.29, 1.82) is 0 Å². The summed E-state index contributed by atoms with van der Waals surface area (Å²) in [7, 11) is 4.52. The van der Waals surface area contributed by atoms with Crippen LogP contribution in [0, 0.1) is 0 Å². The monoisotopic (exact) mass is 261 g/mol. The molecule has 1 heterocycles. The summed E-state index contributed by atoms with van der Waals surface area (Å²) in [6, 6.07) is 7.33. The van der Waals surface area contributed by atoms with E-state index in [9.17, 15) is 4.79 Å². The van der Waals surface area contributed by atoms with Gasteiger partial charge < -0.3 is 14.2 Å². The van der Waals surface area contributed by atoms with Gasteiger partial charge in [0.15, 0.2) is 11.5 Å².